The molecule has 0 aromatic carbocycles. The molecule has 0 bridgehead atoms. The highest BCUT2D eigenvalue weighted by Crippen LogP contribution is 2.05. The lowest BCUT2D eigenvalue weighted by molar-refractivity contribution is 0.100. The van der Waals surface area contributed by atoms with E-state index in [0.717, 1.165) is 5.69 Å². The van der Waals surface area contributed by atoms with Crippen molar-refractivity contribution < 1.29 is 4.79 Å². The summed E-state index contributed by atoms with van der Waals surface area (Å²) in [6.45, 7) is 0. The molecule has 0 radical (unpaired) electrons. The summed E-state index contributed by atoms with van der Waals surface area (Å²) in [5, 5.41) is 4.00. The second-order valence-electron chi connectivity index (χ2n) is 2.74. The van der Waals surface area contributed by atoms with Crippen LogP contribution in [0.1, 0.15) is 10.4 Å². The summed E-state index contributed by atoms with van der Waals surface area (Å²) in [5.41, 5.74) is 6.33. The van der Waals surface area contributed by atoms with E-state index in [2.05, 4.69) is 10.1 Å². The lowest BCUT2D eigenvalue weighted by atomic mass is 10.3. The van der Waals surface area contributed by atoms with Crippen LogP contribution in [-0.4, -0.2) is 20.7 Å². The van der Waals surface area contributed by atoms with Crippen molar-refractivity contribution in [2.75, 3.05) is 0 Å². The van der Waals surface area contributed by atoms with Gasteiger partial charge in [0.25, 0.3) is 5.91 Å². The van der Waals surface area contributed by atoms with Crippen molar-refractivity contribution in [2.24, 2.45) is 5.73 Å². The summed E-state index contributed by atoms with van der Waals surface area (Å²) in [7, 11) is 0. The summed E-state index contributed by atoms with van der Waals surface area (Å²) in [4.78, 5) is 14.7. The number of primary amides is 1. The molecular weight excluding hydrogens is 180 g/mol. The van der Waals surface area contributed by atoms with E-state index in [4.69, 9.17) is 5.73 Å². The molecule has 2 aromatic rings. The third kappa shape index (κ3) is 1.47. The van der Waals surface area contributed by atoms with Gasteiger partial charge in [-0.2, -0.15) is 5.10 Å². The van der Waals surface area contributed by atoms with Gasteiger partial charge >= 0.3 is 0 Å². The number of carbonyl (C=O) groups excluding carboxylic acids is 1. The first-order chi connectivity index (χ1) is 6.77. The number of aromatic nitrogens is 3. The van der Waals surface area contributed by atoms with Crippen LogP contribution < -0.4 is 5.73 Å². The quantitative estimate of drug-likeness (QED) is 0.739. The maximum atomic E-state index is 10.8. The standard InChI is InChI=1S/C9H8N4O/c10-9(14)7-5-12-13(6-7)8-1-3-11-4-2-8/h1-6H,(H2,10,14). The van der Waals surface area contributed by atoms with E-state index in [1.165, 1.54) is 6.20 Å². The number of amides is 1. The molecule has 14 heavy (non-hydrogen) atoms. The highest BCUT2D eigenvalue weighted by atomic mass is 16.1. The van der Waals surface area contributed by atoms with Crippen molar-refractivity contribution in [1.29, 1.82) is 0 Å². The van der Waals surface area contributed by atoms with Crippen LogP contribution in [0, 0.1) is 0 Å². The summed E-state index contributed by atoms with van der Waals surface area (Å²) in [6, 6.07) is 3.58. The normalized spacial score (nSPS) is 10.0. The van der Waals surface area contributed by atoms with Crippen molar-refractivity contribution in [2.45, 2.75) is 0 Å². The Hall–Kier alpha value is -2.17. The summed E-state index contributed by atoms with van der Waals surface area (Å²) in [6.07, 6.45) is 6.32. The third-order valence-electron chi connectivity index (χ3n) is 1.79. The van der Waals surface area contributed by atoms with Crippen LogP contribution in [-0.2, 0) is 0 Å². The summed E-state index contributed by atoms with van der Waals surface area (Å²) >= 11 is 0. The predicted molar refractivity (Wildman–Crippen MR) is 49.9 cm³/mol. The highest BCUT2D eigenvalue weighted by molar-refractivity contribution is 5.92. The van der Waals surface area contributed by atoms with Crippen LogP contribution in [0.15, 0.2) is 36.9 Å². The molecule has 2 rings (SSSR count). The number of pyridine rings is 1. The largest absolute Gasteiger partial charge is 0.366 e. The minimum atomic E-state index is -0.481. The molecule has 0 aliphatic carbocycles. The van der Waals surface area contributed by atoms with Gasteiger partial charge in [-0.3, -0.25) is 9.78 Å². The van der Waals surface area contributed by atoms with Crippen molar-refractivity contribution in [3.05, 3.63) is 42.5 Å². The number of nitrogens with zero attached hydrogens (tertiary/aromatic N) is 3. The first-order valence-electron chi connectivity index (χ1n) is 4.02. The van der Waals surface area contributed by atoms with Gasteiger partial charge in [0.2, 0.25) is 0 Å². The lowest BCUT2D eigenvalue weighted by Gasteiger charge is -1.97. The van der Waals surface area contributed by atoms with Crippen LogP contribution in [0.2, 0.25) is 0 Å². The van der Waals surface area contributed by atoms with E-state index in [-0.39, 0.29) is 0 Å². The van der Waals surface area contributed by atoms with Gasteiger partial charge in [-0.25, -0.2) is 4.68 Å². The monoisotopic (exact) mass is 188 g/mol. The molecule has 0 unspecified atom stereocenters. The van der Waals surface area contributed by atoms with Crippen LogP contribution >= 0.6 is 0 Å². The Morgan fingerprint density at radius 3 is 2.64 bits per heavy atom. The van der Waals surface area contributed by atoms with Crippen LogP contribution in [0.4, 0.5) is 0 Å². The minimum Gasteiger partial charge on any atom is -0.366 e. The molecule has 0 saturated carbocycles. The molecule has 0 aliphatic heterocycles. The van der Waals surface area contributed by atoms with Gasteiger partial charge in [-0.05, 0) is 12.1 Å². The van der Waals surface area contributed by atoms with Gasteiger partial charge in [0.1, 0.15) is 0 Å². The number of hydrogen-bond donors (Lipinski definition) is 1. The molecule has 0 spiro atoms. The Balaban J connectivity index is 2.39. The highest BCUT2D eigenvalue weighted by Gasteiger charge is 2.04. The van der Waals surface area contributed by atoms with E-state index < -0.39 is 5.91 Å². The van der Waals surface area contributed by atoms with Gasteiger partial charge < -0.3 is 5.73 Å². The van der Waals surface area contributed by atoms with E-state index in [9.17, 15) is 4.79 Å². The minimum absolute atomic E-state index is 0.391. The lowest BCUT2D eigenvalue weighted by Crippen LogP contribution is -2.09. The predicted octanol–water partition coefficient (Wildman–Crippen LogP) is 0.366. The van der Waals surface area contributed by atoms with E-state index in [0.29, 0.717) is 5.56 Å². The molecule has 70 valence electrons. The van der Waals surface area contributed by atoms with Gasteiger partial charge in [-0.1, -0.05) is 0 Å². The van der Waals surface area contributed by atoms with Crippen molar-refractivity contribution >= 4 is 5.91 Å². The van der Waals surface area contributed by atoms with Crippen molar-refractivity contribution in [1.82, 2.24) is 14.8 Å². The SMILES string of the molecule is NC(=O)c1cnn(-c2ccncc2)c1. The fraction of sp³-hybridized carbons (Fsp3) is 0. The second kappa shape index (κ2) is 3.29. The van der Waals surface area contributed by atoms with Gasteiger partial charge in [0.15, 0.2) is 0 Å². The molecule has 2 aromatic heterocycles. The molecule has 2 heterocycles. The fourth-order valence-electron chi connectivity index (χ4n) is 1.09. The first kappa shape index (κ1) is 8.43. The van der Waals surface area contributed by atoms with Crippen molar-refractivity contribution in [3.8, 4) is 5.69 Å². The maximum absolute atomic E-state index is 10.8. The van der Waals surface area contributed by atoms with Crippen LogP contribution in [0.5, 0.6) is 0 Å². The molecule has 0 atom stereocenters. The molecule has 5 nitrogen and oxygen atoms in total. The Morgan fingerprint density at radius 1 is 1.36 bits per heavy atom. The Bertz CT molecular complexity index is 449. The Kier molecular flexibility index (Phi) is 1.98. The molecule has 1 amide bonds. The molecule has 5 heteroatoms. The molecule has 0 saturated heterocycles. The average Bonchev–Trinajstić information content (AvgIpc) is 2.68. The first-order valence-corrected chi connectivity index (χ1v) is 4.02. The number of nitrogens with two attached hydrogens (primary N) is 1. The van der Waals surface area contributed by atoms with E-state index in [1.807, 2.05) is 0 Å². The van der Waals surface area contributed by atoms with Gasteiger partial charge in [-0.15, -0.1) is 0 Å². The Morgan fingerprint density at radius 2 is 2.07 bits per heavy atom. The fourth-order valence-corrected chi connectivity index (χ4v) is 1.09. The van der Waals surface area contributed by atoms with E-state index >= 15 is 0 Å². The summed E-state index contributed by atoms with van der Waals surface area (Å²) < 4.78 is 1.57. The Labute approximate surface area is 80.2 Å². The number of rotatable bonds is 2. The zero-order valence-electron chi connectivity index (χ0n) is 7.29. The topological polar surface area (TPSA) is 73.8 Å². The smallest absolute Gasteiger partial charge is 0.251 e. The molecule has 0 aliphatic rings. The maximum Gasteiger partial charge on any atom is 0.251 e. The number of carbonyl (C=O) groups is 1. The molecule has 0 fully saturated rings. The third-order valence-corrected chi connectivity index (χ3v) is 1.79. The zero-order chi connectivity index (χ0) is 9.97. The average molecular weight is 188 g/mol. The second-order valence-corrected chi connectivity index (χ2v) is 2.74. The molecule has 2 N–H and O–H groups in total. The number of hydrogen-bond acceptors (Lipinski definition) is 3. The summed E-state index contributed by atoms with van der Waals surface area (Å²) in [5.74, 6) is -0.481. The van der Waals surface area contributed by atoms with Crippen LogP contribution in [0.25, 0.3) is 5.69 Å². The zero-order valence-corrected chi connectivity index (χ0v) is 7.29. The van der Waals surface area contributed by atoms with Gasteiger partial charge in [0, 0.05) is 18.6 Å². The molecular formula is C9H8N4O. The van der Waals surface area contributed by atoms with Crippen molar-refractivity contribution in [3.63, 3.8) is 0 Å². The van der Waals surface area contributed by atoms with Gasteiger partial charge in [0.05, 0.1) is 17.4 Å². The van der Waals surface area contributed by atoms with Crippen LogP contribution in [0.3, 0.4) is 0 Å². The van der Waals surface area contributed by atoms with E-state index in [1.54, 1.807) is 35.4 Å².